The van der Waals surface area contributed by atoms with Crippen LogP contribution in [-0.2, 0) is 16.4 Å². The standard InChI is InChI=1S/C20H26N4O5S/c1-27-16-6-4-15(5-7-16)10-11-24-13-21-20(22-14-24)23-30(25,26)17-8-9-18(28-2)19(12-17)29-3/h4-9,12H,10-11,13-14H2,1-3H3,(H2,21,22,23). The van der Waals surface area contributed by atoms with Gasteiger partial charge in [-0.15, -0.1) is 0 Å². The Bertz CT molecular complexity index is 993. The van der Waals surface area contributed by atoms with Gasteiger partial charge >= 0.3 is 0 Å². The number of nitrogens with zero attached hydrogens (tertiary/aromatic N) is 2. The van der Waals surface area contributed by atoms with Crippen LogP contribution in [0, 0.1) is 0 Å². The number of hydrogen-bond acceptors (Lipinski definition) is 8. The predicted molar refractivity (Wildman–Crippen MR) is 114 cm³/mol. The number of rotatable bonds is 8. The van der Waals surface area contributed by atoms with E-state index in [9.17, 15) is 8.42 Å². The van der Waals surface area contributed by atoms with Crippen LogP contribution in [0.3, 0.4) is 0 Å². The van der Waals surface area contributed by atoms with E-state index in [-0.39, 0.29) is 10.9 Å². The third-order valence-corrected chi connectivity index (χ3v) is 6.01. The van der Waals surface area contributed by atoms with E-state index in [1.54, 1.807) is 13.2 Å². The lowest BCUT2D eigenvalue weighted by molar-refractivity contribution is 0.267. The maximum atomic E-state index is 12.7. The fourth-order valence-electron chi connectivity index (χ4n) is 2.93. The normalized spacial score (nSPS) is 14.4. The zero-order valence-corrected chi connectivity index (χ0v) is 18.0. The quantitative estimate of drug-likeness (QED) is 0.648. The van der Waals surface area contributed by atoms with Crippen molar-refractivity contribution in [2.24, 2.45) is 4.99 Å². The molecule has 1 aliphatic rings. The Labute approximate surface area is 176 Å². The molecule has 0 spiro atoms. The van der Waals surface area contributed by atoms with E-state index < -0.39 is 10.0 Å². The lowest BCUT2D eigenvalue weighted by Crippen LogP contribution is -2.50. The Morgan fingerprint density at radius 1 is 1.03 bits per heavy atom. The van der Waals surface area contributed by atoms with Gasteiger partial charge in [0, 0.05) is 12.6 Å². The zero-order chi connectivity index (χ0) is 21.6. The molecule has 10 heteroatoms. The van der Waals surface area contributed by atoms with E-state index in [2.05, 4.69) is 19.9 Å². The van der Waals surface area contributed by atoms with Gasteiger partial charge in [0.05, 0.1) is 39.6 Å². The molecule has 0 saturated heterocycles. The molecule has 0 aliphatic carbocycles. The first kappa shape index (κ1) is 21.7. The highest BCUT2D eigenvalue weighted by Crippen LogP contribution is 2.29. The average molecular weight is 435 g/mol. The van der Waals surface area contributed by atoms with Crippen LogP contribution in [0.15, 0.2) is 52.4 Å². The summed E-state index contributed by atoms with van der Waals surface area (Å²) in [6.45, 7) is 1.68. The van der Waals surface area contributed by atoms with E-state index in [1.165, 1.54) is 31.9 Å². The SMILES string of the molecule is COc1ccc(CCN2CN=C(NS(=O)(=O)c3ccc(OC)c(OC)c3)NC2)cc1. The lowest BCUT2D eigenvalue weighted by atomic mass is 10.1. The molecule has 2 aromatic rings. The molecule has 0 aromatic heterocycles. The molecule has 0 radical (unpaired) electrons. The Balaban J connectivity index is 1.57. The molecule has 162 valence electrons. The van der Waals surface area contributed by atoms with Crippen molar-refractivity contribution in [1.82, 2.24) is 14.9 Å². The van der Waals surface area contributed by atoms with Crippen LogP contribution in [0.5, 0.6) is 17.2 Å². The van der Waals surface area contributed by atoms with Crippen molar-refractivity contribution < 1.29 is 22.6 Å². The molecule has 2 aromatic carbocycles. The van der Waals surface area contributed by atoms with Gasteiger partial charge in [-0.1, -0.05) is 12.1 Å². The van der Waals surface area contributed by atoms with Gasteiger partial charge in [-0.2, -0.15) is 0 Å². The highest BCUT2D eigenvalue weighted by atomic mass is 32.2. The van der Waals surface area contributed by atoms with E-state index >= 15 is 0 Å². The van der Waals surface area contributed by atoms with Crippen molar-refractivity contribution in [3.05, 3.63) is 48.0 Å². The fourth-order valence-corrected chi connectivity index (χ4v) is 3.95. The first-order valence-electron chi connectivity index (χ1n) is 9.33. The topological polar surface area (TPSA) is 101 Å². The summed E-state index contributed by atoms with van der Waals surface area (Å²) in [4.78, 5) is 6.45. The minimum atomic E-state index is -3.81. The Hall–Kier alpha value is -2.98. The lowest BCUT2D eigenvalue weighted by Gasteiger charge is -2.27. The monoisotopic (exact) mass is 434 g/mol. The van der Waals surface area contributed by atoms with E-state index in [1.807, 2.05) is 24.3 Å². The minimum Gasteiger partial charge on any atom is -0.497 e. The number of ether oxygens (including phenoxy) is 3. The maximum Gasteiger partial charge on any atom is 0.264 e. The second kappa shape index (κ2) is 9.68. The van der Waals surface area contributed by atoms with Gasteiger partial charge in [0.15, 0.2) is 11.5 Å². The molecule has 0 amide bonds. The van der Waals surface area contributed by atoms with Gasteiger partial charge in [0.1, 0.15) is 5.75 Å². The van der Waals surface area contributed by atoms with Crippen LogP contribution in [0.25, 0.3) is 0 Å². The van der Waals surface area contributed by atoms with Gasteiger partial charge in [-0.3, -0.25) is 4.90 Å². The molecule has 9 nitrogen and oxygen atoms in total. The van der Waals surface area contributed by atoms with Gasteiger partial charge in [-0.05, 0) is 36.2 Å². The summed E-state index contributed by atoms with van der Waals surface area (Å²) in [5, 5.41) is 3.01. The molecular formula is C20H26N4O5S. The molecule has 0 fully saturated rings. The van der Waals surface area contributed by atoms with Crippen LogP contribution >= 0.6 is 0 Å². The van der Waals surface area contributed by atoms with Gasteiger partial charge in [0.25, 0.3) is 10.0 Å². The average Bonchev–Trinajstić information content (AvgIpc) is 2.78. The summed E-state index contributed by atoms with van der Waals surface area (Å²) in [7, 11) is 0.781. The fraction of sp³-hybridized carbons (Fsp3) is 0.350. The minimum absolute atomic E-state index is 0.0617. The third-order valence-electron chi connectivity index (χ3n) is 4.67. The highest BCUT2D eigenvalue weighted by molar-refractivity contribution is 7.90. The van der Waals surface area contributed by atoms with Crippen molar-refractivity contribution in [1.29, 1.82) is 0 Å². The maximum absolute atomic E-state index is 12.7. The first-order chi connectivity index (χ1) is 14.4. The molecule has 0 unspecified atom stereocenters. The molecule has 0 atom stereocenters. The second-order valence-electron chi connectivity index (χ2n) is 6.60. The van der Waals surface area contributed by atoms with Crippen LogP contribution < -0.4 is 24.2 Å². The summed E-state index contributed by atoms with van der Waals surface area (Å²) in [6, 6.07) is 12.3. The van der Waals surface area contributed by atoms with Crippen molar-refractivity contribution in [2.45, 2.75) is 11.3 Å². The second-order valence-corrected chi connectivity index (χ2v) is 8.28. The predicted octanol–water partition coefficient (Wildman–Crippen LogP) is 1.41. The molecule has 1 aliphatic heterocycles. The van der Waals surface area contributed by atoms with Gasteiger partial charge in [-0.25, -0.2) is 18.1 Å². The molecular weight excluding hydrogens is 408 g/mol. The molecule has 30 heavy (non-hydrogen) atoms. The number of methoxy groups -OCH3 is 3. The van der Waals surface area contributed by atoms with E-state index in [0.29, 0.717) is 24.8 Å². The number of guanidine groups is 1. The van der Waals surface area contributed by atoms with Gasteiger partial charge < -0.3 is 19.5 Å². The smallest absolute Gasteiger partial charge is 0.264 e. The van der Waals surface area contributed by atoms with Crippen molar-refractivity contribution >= 4 is 16.0 Å². The summed E-state index contributed by atoms with van der Waals surface area (Å²) in [6.07, 6.45) is 0.855. The Kier molecular flexibility index (Phi) is 7.01. The Morgan fingerprint density at radius 3 is 2.37 bits per heavy atom. The molecule has 1 heterocycles. The van der Waals surface area contributed by atoms with Crippen molar-refractivity contribution in [3.63, 3.8) is 0 Å². The Morgan fingerprint density at radius 2 is 1.77 bits per heavy atom. The van der Waals surface area contributed by atoms with Crippen LogP contribution in [0.2, 0.25) is 0 Å². The molecule has 0 bridgehead atoms. The summed E-state index contributed by atoms with van der Waals surface area (Å²) in [5.41, 5.74) is 1.19. The van der Waals surface area contributed by atoms with E-state index in [0.717, 1.165) is 18.7 Å². The van der Waals surface area contributed by atoms with Crippen LogP contribution in [0.1, 0.15) is 5.56 Å². The zero-order valence-electron chi connectivity index (χ0n) is 17.2. The molecule has 2 N–H and O–H groups in total. The number of nitrogens with one attached hydrogen (secondary N) is 2. The summed E-state index contributed by atoms with van der Waals surface area (Å²) < 4.78 is 43.3. The number of hydrogen-bond donors (Lipinski definition) is 2. The third kappa shape index (κ3) is 5.33. The van der Waals surface area contributed by atoms with Crippen LogP contribution in [-0.4, -0.2) is 60.5 Å². The van der Waals surface area contributed by atoms with Crippen molar-refractivity contribution in [2.75, 3.05) is 41.2 Å². The van der Waals surface area contributed by atoms with Gasteiger partial charge in [0.2, 0.25) is 5.96 Å². The summed E-state index contributed by atoms with van der Waals surface area (Å²) >= 11 is 0. The molecule has 0 saturated carbocycles. The molecule has 3 rings (SSSR count). The largest absolute Gasteiger partial charge is 0.497 e. The number of benzene rings is 2. The summed E-state index contributed by atoms with van der Waals surface area (Å²) in [5.74, 6) is 1.83. The number of sulfonamides is 1. The van der Waals surface area contributed by atoms with E-state index in [4.69, 9.17) is 14.2 Å². The first-order valence-corrected chi connectivity index (χ1v) is 10.8. The highest BCUT2D eigenvalue weighted by Gasteiger charge is 2.21. The van der Waals surface area contributed by atoms with Crippen LogP contribution in [0.4, 0.5) is 0 Å². The van der Waals surface area contributed by atoms with Crippen molar-refractivity contribution in [3.8, 4) is 17.2 Å². The number of aliphatic imine (C=N–C) groups is 1.